The molecule has 0 bridgehead atoms. The molecule has 136 valence electrons. The summed E-state index contributed by atoms with van der Waals surface area (Å²) in [6, 6.07) is 21.9. The van der Waals surface area contributed by atoms with E-state index in [9.17, 15) is 0 Å². The second kappa shape index (κ2) is 11.5. The van der Waals surface area contributed by atoms with Crippen molar-refractivity contribution in [3.63, 3.8) is 0 Å². The molecular formula is C24H36P+. The lowest BCUT2D eigenvalue weighted by Crippen LogP contribution is -1.99. The quantitative estimate of drug-likeness (QED) is 0.274. The van der Waals surface area contributed by atoms with Crippen molar-refractivity contribution >= 4 is 7.26 Å². The Morgan fingerprint density at radius 3 is 1.64 bits per heavy atom. The average Bonchev–Trinajstić information content (AvgIpc) is 2.61. The molecule has 2 rings (SSSR count). The minimum atomic E-state index is -0.765. The largest absolute Gasteiger partial charge is 0.0837 e. The first-order valence-corrected chi connectivity index (χ1v) is 13.1. The van der Waals surface area contributed by atoms with E-state index < -0.39 is 7.26 Å². The van der Waals surface area contributed by atoms with Crippen molar-refractivity contribution in [2.75, 3.05) is 19.5 Å². The third-order valence-corrected chi connectivity index (χ3v) is 7.77. The first-order valence-electron chi connectivity index (χ1n) is 10.1. The fraction of sp³-hybridized carbons (Fsp3) is 0.500. The minimum absolute atomic E-state index is 0.765. The van der Waals surface area contributed by atoms with Gasteiger partial charge in [0, 0.05) is 20.6 Å². The molecule has 0 radical (unpaired) electrons. The van der Waals surface area contributed by atoms with Gasteiger partial charge >= 0.3 is 0 Å². The maximum atomic E-state index is 2.53. The summed E-state index contributed by atoms with van der Waals surface area (Å²) in [4.78, 5) is 0. The topological polar surface area (TPSA) is 0 Å². The Hall–Kier alpha value is -1.13. The summed E-state index contributed by atoms with van der Waals surface area (Å²) < 4.78 is 0. The van der Waals surface area contributed by atoms with Crippen molar-refractivity contribution in [2.45, 2.75) is 57.5 Å². The van der Waals surface area contributed by atoms with E-state index in [0.29, 0.717) is 0 Å². The summed E-state index contributed by atoms with van der Waals surface area (Å²) in [5.74, 6) is 0. The number of hydrogen-bond donors (Lipinski definition) is 0. The first kappa shape index (κ1) is 20.2. The summed E-state index contributed by atoms with van der Waals surface area (Å²) in [6.45, 7) is 5.06. The van der Waals surface area contributed by atoms with Crippen molar-refractivity contribution in [3.8, 4) is 0 Å². The van der Waals surface area contributed by atoms with Crippen molar-refractivity contribution in [1.82, 2.24) is 0 Å². The highest BCUT2D eigenvalue weighted by Crippen LogP contribution is 2.54. The Morgan fingerprint density at radius 1 is 0.560 bits per heavy atom. The maximum absolute atomic E-state index is 2.53. The molecule has 0 fully saturated rings. The highest BCUT2D eigenvalue weighted by molar-refractivity contribution is 7.73. The van der Waals surface area contributed by atoms with Crippen molar-refractivity contribution in [1.29, 1.82) is 0 Å². The number of benzene rings is 2. The van der Waals surface area contributed by atoms with E-state index in [1.807, 2.05) is 0 Å². The number of rotatable bonds is 12. The Kier molecular flexibility index (Phi) is 9.27. The van der Waals surface area contributed by atoms with Crippen LogP contribution in [0, 0.1) is 0 Å². The Balaban J connectivity index is 1.46. The predicted octanol–water partition coefficient (Wildman–Crippen LogP) is 7.44. The Bertz CT molecular complexity index is 559. The van der Waals surface area contributed by atoms with E-state index in [4.69, 9.17) is 0 Å². The average molecular weight is 356 g/mol. The van der Waals surface area contributed by atoms with Gasteiger partial charge in [0.15, 0.2) is 0 Å². The molecule has 0 aliphatic rings. The van der Waals surface area contributed by atoms with Crippen molar-refractivity contribution in [3.05, 3.63) is 71.8 Å². The Labute approximate surface area is 156 Å². The number of unbranched alkanes of at least 4 members (excludes halogenated alkanes) is 6. The maximum Gasteiger partial charge on any atom is 0.0837 e. The van der Waals surface area contributed by atoms with Crippen LogP contribution >= 0.6 is 7.26 Å². The molecule has 25 heavy (non-hydrogen) atoms. The van der Waals surface area contributed by atoms with Crippen LogP contribution in [-0.4, -0.2) is 19.5 Å². The fourth-order valence-corrected chi connectivity index (χ4v) is 5.99. The zero-order valence-corrected chi connectivity index (χ0v) is 17.2. The van der Waals surface area contributed by atoms with Crippen LogP contribution in [0.3, 0.4) is 0 Å². The van der Waals surface area contributed by atoms with Crippen LogP contribution in [0.15, 0.2) is 60.7 Å². The van der Waals surface area contributed by atoms with E-state index in [0.717, 1.165) is 0 Å². The predicted molar refractivity (Wildman–Crippen MR) is 116 cm³/mol. The third-order valence-electron chi connectivity index (χ3n) is 5.03. The first-order chi connectivity index (χ1) is 12.2. The van der Waals surface area contributed by atoms with E-state index in [1.165, 1.54) is 74.8 Å². The molecule has 2 aromatic carbocycles. The lowest BCUT2D eigenvalue weighted by Gasteiger charge is -2.18. The van der Waals surface area contributed by atoms with Gasteiger partial charge < -0.3 is 0 Å². The monoisotopic (exact) mass is 355 g/mol. The lowest BCUT2D eigenvalue weighted by atomic mass is 10.0. The molecule has 1 heteroatoms. The number of hydrogen-bond acceptors (Lipinski definition) is 0. The second-order valence-electron chi connectivity index (χ2n) is 8.01. The molecule has 0 nitrogen and oxygen atoms in total. The van der Waals surface area contributed by atoms with Gasteiger partial charge in [-0.25, -0.2) is 0 Å². The van der Waals surface area contributed by atoms with Gasteiger partial charge in [0.25, 0.3) is 0 Å². The standard InChI is InChI=1S/C24H36P/c1-25(2,22-24-19-13-9-14-20-24)21-15-7-5-3-4-6-10-16-23-17-11-8-12-18-23/h8-9,11-14,17-20H,3-7,10,15-16,21-22H2,1-2H3/q+1. The molecule has 0 atom stereocenters. The van der Waals surface area contributed by atoms with Crippen LogP contribution in [0.1, 0.15) is 56.1 Å². The van der Waals surface area contributed by atoms with E-state index in [-0.39, 0.29) is 0 Å². The molecule has 0 N–H and O–H groups in total. The van der Waals surface area contributed by atoms with Crippen molar-refractivity contribution < 1.29 is 0 Å². The van der Waals surface area contributed by atoms with Gasteiger partial charge in [-0.3, -0.25) is 0 Å². The van der Waals surface area contributed by atoms with Gasteiger partial charge in [-0.05, 0) is 36.8 Å². The Morgan fingerprint density at radius 2 is 1.04 bits per heavy atom. The SMILES string of the molecule is C[P+](C)(CCCCCCCCCc1ccccc1)Cc1ccccc1. The summed E-state index contributed by atoms with van der Waals surface area (Å²) in [5, 5.41) is 0. The highest BCUT2D eigenvalue weighted by Gasteiger charge is 2.24. The molecule has 0 aliphatic heterocycles. The smallest absolute Gasteiger partial charge is 0.0622 e. The fourth-order valence-electron chi connectivity index (χ4n) is 3.55. The van der Waals surface area contributed by atoms with Crippen molar-refractivity contribution in [2.24, 2.45) is 0 Å². The van der Waals surface area contributed by atoms with Crippen LogP contribution in [0.25, 0.3) is 0 Å². The second-order valence-corrected chi connectivity index (χ2v) is 12.6. The van der Waals surface area contributed by atoms with Gasteiger partial charge in [-0.15, -0.1) is 0 Å². The zero-order chi connectivity index (χ0) is 17.8. The van der Waals surface area contributed by atoms with Gasteiger partial charge in [-0.1, -0.05) is 86.3 Å². The third kappa shape index (κ3) is 9.22. The van der Waals surface area contributed by atoms with E-state index in [1.54, 1.807) is 0 Å². The molecule has 0 spiro atoms. The van der Waals surface area contributed by atoms with Gasteiger partial charge in [0.2, 0.25) is 0 Å². The normalized spacial score (nSPS) is 11.6. The molecule has 0 aromatic heterocycles. The molecule has 0 amide bonds. The van der Waals surface area contributed by atoms with Gasteiger partial charge in [-0.2, -0.15) is 0 Å². The van der Waals surface area contributed by atoms with Crippen LogP contribution in [0.4, 0.5) is 0 Å². The molecule has 2 aromatic rings. The zero-order valence-electron chi connectivity index (χ0n) is 16.3. The van der Waals surface area contributed by atoms with E-state index >= 15 is 0 Å². The molecule has 0 heterocycles. The number of aryl methyl sites for hydroxylation is 1. The summed E-state index contributed by atoms with van der Waals surface area (Å²) in [7, 11) is -0.765. The van der Waals surface area contributed by atoms with Gasteiger partial charge in [0.1, 0.15) is 0 Å². The van der Waals surface area contributed by atoms with Crippen LogP contribution in [-0.2, 0) is 12.6 Å². The van der Waals surface area contributed by atoms with Crippen LogP contribution < -0.4 is 0 Å². The highest BCUT2D eigenvalue weighted by atomic mass is 31.2. The summed E-state index contributed by atoms with van der Waals surface area (Å²) >= 11 is 0. The van der Waals surface area contributed by atoms with Crippen LogP contribution in [0.5, 0.6) is 0 Å². The molecule has 0 unspecified atom stereocenters. The summed E-state index contributed by atoms with van der Waals surface area (Å²) in [6.07, 6.45) is 13.9. The molecule has 0 saturated heterocycles. The summed E-state index contributed by atoms with van der Waals surface area (Å²) in [5.41, 5.74) is 3.02. The van der Waals surface area contributed by atoms with E-state index in [2.05, 4.69) is 74.0 Å². The lowest BCUT2D eigenvalue weighted by molar-refractivity contribution is 0.590. The molecule has 0 saturated carbocycles. The van der Waals surface area contributed by atoms with Gasteiger partial charge in [0.05, 0.1) is 12.3 Å². The van der Waals surface area contributed by atoms with Crippen LogP contribution in [0.2, 0.25) is 0 Å². The molecular weight excluding hydrogens is 319 g/mol. The minimum Gasteiger partial charge on any atom is -0.0622 e. The molecule has 0 aliphatic carbocycles.